The lowest BCUT2D eigenvalue weighted by molar-refractivity contribution is 0.112. The van der Waals surface area contributed by atoms with Crippen molar-refractivity contribution in [2.24, 2.45) is 7.05 Å². The van der Waals surface area contributed by atoms with Gasteiger partial charge >= 0.3 is 0 Å². The monoisotopic (exact) mass is 222 g/mol. The average Bonchev–Trinajstić information content (AvgIpc) is 2.74. The van der Waals surface area contributed by atoms with Crippen molar-refractivity contribution >= 4 is 17.6 Å². The van der Waals surface area contributed by atoms with Crippen molar-refractivity contribution in [2.75, 3.05) is 0 Å². The van der Waals surface area contributed by atoms with Gasteiger partial charge in [0, 0.05) is 17.6 Å². The number of aldehydes is 1. The maximum absolute atomic E-state index is 11.7. The quantitative estimate of drug-likeness (QED) is 0.784. The molecular formula is C10H10N2O2S. The number of nitrogens with one attached hydrogen (secondary N) is 1. The number of rotatable bonds is 2. The molecule has 0 spiro atoms. The molecule has 0 bridgehead atoms. The maximum Gasteiger partial charge on any atom is 0.275 e. The summed E-state index contributed by atoms with van der Waals surface area (Å²) < 4.78 is 1.44. The molecule has 0 fully saturated rings. The third-order valence-corrected chi connectivity index (χ3v) is 3.25. The fourth-order valence-corrected chi connectivity index (χ4v) is 2.44. The number of aromatic nitrogens is 2. The lowest BCUT2D eigenvalue weighted by Gasteiger charge is -1.90. The van der Waals surface area contributed by atoms with Crippen molar-refractivity contribution in [2.45, 2.75) is 6.92 Å². The zero-order chi connectivity index (χ0) is 11.0. The Kier molecular flexibility index (Phi) is 2.32. The SMILES string of the molecule is Cc1[nH]n(C)c(=O)c1-c1ccc(C=O)s1. The van der Waals surface area contributed by atoms with E-state index in [-0.39, 0.29) is 5.56 Å². The molecule has 0 aliphatic carbocycles. The van der Waals surface area contributed by atoms with E-state index in [2.05, 4.69) is 5.10 Å². The highest BCUT2D eigenvalue weighted by Gasteiger charge is 2.13. The number of aromatic amines is 1. The molecule has 0 atom stereocenters. The van der Waals surface area contributed by atoms with E-state index in [9.17, 15) is 9.59 Å². The Balaban J connectivity index is 2.63. The number of H-pyrrole nitrogens is 1. The molecule has 0 amide bonds. The van der Waals surface area contributed by atoms with Crippen LogP contribution in [0.1, 0.15) is 15.4 Å². The Hall–Kier alpha value is -1.62. The number of carbonyl (C=O) groups excluding carboxylic acids is 1. The number of aryl methyl sites for hydroxylation is 2. The molecule has 2 heterocycles. The van der Waals surface area contributed by atoms with Crippen LogP contribution in [0.15, 0.2) is 16.9 Å². The van der Waals surface area contributed by atoms with Crippen LogP contribution in [-0.2, 0) is 7.05 Å². The van der Waals surface area contributed by atoms with E-state index in [1.807, 2.05) is 6.92 Å². The molecule has 0 radical (unpaired) electrons. The molecule has 0 aliphatic rings. The molecule has 1 N–H and O–H groups in total. The molecule has 15 heavy (non-hydrogen) atoms. The zero-order valence-corrected chi connectivity index (χ0v) is 9.22. The van der Waals surface area contributed by atoms with Crippen LogP contribution in [0.4, 0.5) is 0 Å². The van der Waals surface area contributed by atoms with E-state index in [0.29, 0.717) is 10.4 Å². The van der Waals surface area contributed by atoms with Crippen molar-refractivity contribution in [1.29, 1.82) is 0 Å². The smallest absolute Gasteiger partial charge is 0.275 e. The van der Waals surface area contributed by atoms with E-state index in [1.54, 1.807) is 19.2 Å². The predicted molar refractivity (Wildman–Crippen MR) is 59.5 cm³/mol. The molecule has 2 rings (SSSR count). The van der Waals surface area contributed by atoms with E-state index < -0.39 is 0 Å². The van der Waals surface area contributed by atoms with Gasteiger partial charge in [0.15, 0.2) is 6.29 Å². The fourth-order valence-electron chi connectivity index (χ4n) is 1.53. The highest BCUT2D eigenvalue weighted by Crippen LogP contribution is 2.26. The molecule has 0 aromatic carbocycles. The number of carbonyl (C=O) groups is 1. The summed E-state index contributed by atoms with van der Waals surface area (Å²) in [5.41, 5.74) is 1.41. The molecule has 0 unspecified atom stereocenters. The number of nitrogens with zero attached hydrogens (tertiary/aromatic N) is 1. The van der Waals surface area contributed by atoms with E-state index in [0.717, 1.165) is 16.9 Å². The number of hydrogen-bond donors (Lipinski definition) is 1. The Bertz CT molecular complexity index is 562. The zero-order valence-electron chi connectivity index (χ0n) is 8.40. The van der Waals surface area contributed by atoms with Crippen LogP contribution in [0, 0.1) is 6.92 Å². The number of thiophene rings is 1. The van der Waals surface area contributed by atoms with Crippen LogP contribution in [0.2, 0.25) is 0 Å². The van der Waals surface area contributed by atoms with Gasteiger partial charge in [-0.05, 0) is 19.1 Å². The lowest BCUT2D eigenvalue weighted by atomic mass is 10.2. The van der Waals surface area contributed by atoms with Crippen LogP contribution < -0.4 is 5.56 Å². The van der Waals surface area contributed by atoms with Gasteiger partial charge in [-0.3, -0.25) is 19.4 Å². The first kappa shape index (κ1) is 9.92. The second-order valence-electron chi connectivity index (χ2n) is 3.30. The van der Waals surface area contributed by atoms with Crippen molar-refractivity contribution in [1.82, 2.24) is 9.78 Å². The molecule has 0 saturated carbocycles. The third-order valence-electron chi connectivity index (χ3n) is 2.22. The van der Waals surface area contributed by atoms with Crippen LogP contribution in [0.5, 0.6) is 0 Å². The average molecular weight is 222 g/mol. The summed E-state index contributed by atoms with van der Waals surface area (Å²) in [7, 11) is 1.67. The molecule has 2 aromatic heterocycles. The molecule has 5 heteroatoms. The van der Waals surface area contributed by atoms with E-state index >= 15 is 0 Å². The van der Waals surface area contributed by atoms with Gasteiger partial charge in [-0.2, -0.15) is 0 Å². The van der Waals surface area contributed by atoms with Crippen LogP contribution >= 0.6 is 11.3 Å². The summed E-state index contributed by atoms with van der Waals surface area (Å²) in [6.07, 6.45) is 0.792. The normalized spacial score (nSPS) is 10.5. The summed E-state index contributed by atoms with van der Waals surface area (Å²) in [5.74, 6) is 0. The number of hydrogen-bond acceptors (Lipinski definition) is 3. The molecule has 78 valence electrons. The molecule has 4 nitrogen and oxygen atoms in total. The van der Waals surface area contributed by atoms with Gasteiger partial charge in [-0.15, -0.1) is 11.3 Å². The van der Waals surface area contributed by atoms with Gasteiger partial charge in [-0.25, -0.2) is 0 Å². The lowest BCUT2D eigenvalue weighted by Crippen LogP contribution is -2.12. The summed E-state index contributed by atoms with van der Waals surface area (Å²) in [6.45, 7) is 1.84. The highest BCUT2D eigenvalue weighted by molar-refractivity contribution is 7.17. The second kappa shape index (κ2) is 3.51. The Morgan fingerprint density at radius 2 is 2.20 bits per heavy atom. The van der Waals surface area contributed by atoms with E-state index in [4.69, 9.17) is 0 Å². The van der Waals surface area contributed by atoms with Gasteiger partial charge in [0.1, 0.15) is 0 Å². The summed E-state index contributed by atoms with van der Waals surface area (Å²) in [5, 5.41) is 2.92. The fraction of sp³-hybridized carbons (Fsp3) is 0.200. The summed E-state index contributed by atoms with van der Waals surface area (Å²) in [4.78, 5) is 23.7. The van der Waals surface area contributed by atoms with Crippen LogP contribution in [0.25, 0.3) is 10.4 Å². The molecule has 2 aromatic rings. The first-order valence-corrected chi connectivity index (χ1v) is 5.26. The Morgan fingerprint density at radius 1 is 1.47 bits per heavy atom. The standard InChI is InChI=1S/C10H10N2O2S/c1-6-9(10(14)12(2)11-6)8-4-3-7(5-13)15-8/h3-5,11H,1-2H3. The summed E-state index contributed by atoms with van der Waals surface area (Å²) in [6, 6.07) is 3.52. The Morgan fingerprint density at radius 3 is 2.67 bits per heavy atom. The van der Waals surface area contributed by atoms with Gasteiger partial charge in [-0.1, -0.05) is 0 Å². The van der Waals surface area contributed by atoms with Gasteiger partial charge in [0.2, 0.25) is 0 Å². The van der Waals surface area contributed by atoms with Crippen molar-refractivity contribution in [3.63, 3.8) is 0 Å². The van der Waals surface area contributed by atoms with Crippen molar-refractivity contribution in [3.8, 4) is 10.4 Å². The molecular weight excluding hydrogens is 212 g/mol. The van der Waals surface area contributed by atoms with Crippen molar-refractivity contribution in [3.05, 3.63) is 33.1 Å². The third kappa shape index (κ3) is 1.55. The molecule has 0 saturated heterocycles. The minimum atomic E-state index is -0.0631. The Labute approximate surface area is 90.2 Å². The van der Waals surface area contributed by atoms with Gasteiger partial charge < -0.3 is 0 Å². The maximum atomic E-state index is 11.7. The minimum Gasteiger partial charge on any atom is -0.300 e. The van der Waals surface area contributed by atoms with Crippen molar-refractivity contribution < 1.29 is 4.79 Å². The summed E-state index contributed by atoms with van der Waals surface area (Å²) >= 11 is 1.33. The first-order chi connectivity index (χ1) is 7.13. The van der Waals surface area contributed by atoms with Gasteiger partial charge in [0.25, 0.3) is 5.56 Å². The van der Waals surface area contributed by atoms with Gasteiger partial charge in [0.05, 0.1) is 10.4 Å². The highest BCUT2D eigenvalue weighted by atomic mass is 32.1. The largest absolute Gasteiger partial charge is 0.300 e. The van der Waals surface area contributed by atoms with Crippen LogP contribution in [0.3, 0.4) is 0 Å². The minimum absolute atomic E-state index is 0.0631. The van der Waals surface area contributed by atoms with Crippen LogP contribution in [-0.4, -0.2) is 16.1 Å². The molecule has 0 aliphatic heterocycles. The first-order valence-electron chi connectivity index (χ1n) is 4.44. The topological polar surface area (TPSA) is 54.9 Å². The van der Waals surface area contributed by atoms with E-state index in [1.165, 1.54) is 16.0 Å². The predicted octanol–water partition coefficient (Wildman–Crippen LogP) is 1.56. The second-order valence-corrected chi connectivity index (χ2v) is 4.41.